The topological polar surface area (TPSA) is 0 Å². The molecular formula is C28H28P2. The summed E-state index contributed by atoms with van der Waals surface area (Å²) in [6, 6.07) is 22.2. The van der Waals surface area contributed by atoms with Crippen LogP contribution in [0.15, 0.2) is 94.1 Å². The van der Waals surface area contributed by atoms with E-state index in [1.807, 2.05) is 0 Å². The average Bonchev–Trinajstić information content (AvgIpc) is 3.43. The van der Waals surface area contributed by atoms with Gasteiger partial charge in [-0.15, -0.1) is 0 Å². The first-order valence-corrected chi connectivity index (χ1v) is 14.1. The fourth-order valence-corrected chi connectivity index (χ4v) is 13.5. The summed E-state index contributed by atoms with van der Waals surface area (Å²) >= 11 is 0. The summed E-state index contributed by atoms with van der Waals surface area (Å²) in [5.74, 6) is 5.33. The van der Waals surface area contributed by atoms with Crippen molar-refractivity contribution in [3.63, 3.8) is 0 Å². The molecule has 0 aromatic heterocycles. The first-order valence-electron chi connectivity index (χ1n) is 11.0. The Hall–Kier alpha value is -1.74. The van der Waals surface area contributed by atoms with Gasteiger partial charge in [-0.3, -0.25) is 0 Å². The Labute approximate surface area is 183 Å². The van der Waals surface area contributed by atoms with Crippen LogP contribution in [0.5, 0.6) is 0 Å². The maximum atomic E-state index is 2.67. The monoisotopic (exact) mass is 426 g/mol. The summed E-state index contributed by atoms with van der Waals surface area (Å²) in [7, 11) is -0.354. The second kappa shape index (κ2) is 6.38. The minimum atomic E-state index is -0.177. The van der Waals surface area contributed by atoms with Crippen LogP contribution >= 0.6 is 15.8 Å². The molecule has 0 radical (unpaired) electrons. The standard InChI is InChI=1S/C28H28P2/c1-19-25(29-15-23(27(19,3)17-29)21-11-7-5-8-12-21)26-20(2)28(4)18-30(26)16-24(28)22-13-9-6-10-14-22/h5-16H,17-18H2,1-4H3/t27-,28-,29-,30-/m1/s1. The highest BCUT2D eigenvalue weighted by atomic mass is 31.1. The molecule has 0 amide bonds. The van der Waals surface area contributed by atoms with Crippen molar-refractivity contribution in [2.75, 3.05) is 12.3 Å². The number of rotatable bonds is 3. The predicted octanol–water partition coefficient (Wildman–Crippen LogP) is 8.65. The van der Waals surface area contributed by atoms with Crippen LogP contribution in [-0.4, -0.2) is 12.3 Å². The molecular weight excluding hydrogens is 398 g/mol. The lowest BCUT2D eigenvalue weighted by atomic mass is 9.74. The second-order valence-corrected chi connectivity index (χ2v) is 13.6. The molecule has 2 aromatic rings. The number of allylic oxidation sites excluding steroid dienone is 6. The predicted molar refractivity (Wildman–Crippen MR) is 134 cm³/mol. The zero-order chi connectivity index (χ0) is 20.7. The van der Waals surface area contributed by atoms with Gasteiger partial charge in [0.25, 0.3) is 0 Å². The van der Waals surface area contributed by atoms with Crippen LogP contribution in [0.25, 0.3) is 11.1 Å². The Morgan fingerprint density at radius 3 is 1.30 bits per heavy atom. The van der Waals surface area contributed by atoms with E-state index in [1.165, 1.54) is 23.5 Å². The van der Waals surface area contributed by atoms with Gasteiger partial charge in [0, 0.05) is 10.8 Å². The number of hydrogen-bond acceptors (Lipinski definition) is 0. The number of hydrogen-bond donors (Lipinski definition) is 0. The van der Waals surface area contributed by atoms with Gasteiger partial charge in [0.2, 0.25) is 0 Å². The fourth-order valence-electron chi connectivity index (χ4n) is 6.07. The van der Waals surface area contributed by atoms with Gasteiger partial charge in [-0.25, -0.2) is 0 Å². The van der Waals surface area contributed by atoms with E-state index >= 15 is 0 Å². The number of benzene rings is 2. The molecule has 4 aliphatic heterocycles. The zero-order valence-corrected chi connectivity index (χ0v) is 20.0. The molecule has 2 heteroatoms. The molecule has 4 aliphatic rings. The van der Waals surface area contributed by atoms with Gasteiger partial charge >= 0.3 is 0 Å². The molecule has 2 aromatic carbocycles. The summed E-state index contributed by atoms with van der Waals surface area (Å²) in [6.07, 6.45) is 2.64. The van der Waals surface area contributed by atoms with Crippen molar-refractivity contribution in [1.82, 2.24) is 0 Å². The van der Waals surface area contributed by atoms with Crippen molar-refractivity contribution in [1.29, 1.82) is 0 Å². The Kier molecular flexibility index (Phi) is 4.04. The van der Waals surface area contributed by atoms with Crippen molar-refractivity contribution in [2.24, 2.45) is 10.8 Å². The van der Waals surface area contributed by atoms with E-state index < -0.39 is 0 Å². The van der Waals surface area contributed by atoms with Gasteiger partial charge in [0.1, 0.15) is 0 Å². The molecule has 4 atom stereocenters. The van der Waals surface area contributed by atoms with Crippen LogP contribution in [0.4, 0.5) is 0 Å². The Morgan fingerprint density at radius 1 is 0.600 bits per heavy atom. The van der Waals surface area contributed by atoms with Gasteiger partial charge in [0.15, 0.2) is 0 Å². The van der Waals surface area contributed by atoms with Crippen LogP contribution in [-0.2, 0) is 0 Å². The van der Waals surface area contributed by atoms with Crippen LogP contribution in [0, 0.1) is 10.8 Å². The maximum absolute atomic E-state index is 2.67. The molecule has 0 nitrogen and oxygen atoms in total. The smallest absolute Gasteiger partial charge is 0.0192 e. The first-order chi connectivity index (χ1) is 14.4. The van der Waals surface area contributed by atoms with Gasteiger partial charge in [-0.2, -0.15) is 0 Å². The minimum Gasteiger partial charge on any atom is -0.0622 e. The highest BCUT2D eigenvalue weighted by Crippen LogP contribution is 2.81. The molecule has 0 spiro atoms. The van der Waals surface area contributed by atoms with E-state index in [9.17, 15) is 0 Å². The van der Waals surface area contributed by atoms with Crippen molar-refractivity contribution in [2.45, 2.75) is 27.7 Å². The van der Waals surface area contributed by atoms with E-state index in [-0.39, 0.29) is 26.7 Å². The van der Waals surface area contributed by atoms with E-state index in [1.54, 1.807) is 32.9 Å². The number of fused-ring (bicyclic) bond motifs is 4. The molecule has 0 saturated carbocycles. The normalized spacial score (nSPS) is 34.1. The van der Waals surface area contributed by atoms with Crippen LogP contribution < -0.4 is 0 Å². The van der Waals surface area contributed by atoms with E-state index in [0.29, 0.717) is 0 Å². The molecule has 4 bridgehead atoms. The summed E-state index contributed by atoms with van der Waals surface area (Å²) < 4.78 is 0. The highest BCUT2D eigenvalue weighted by Gasteiger charge is 2.54. The zero-order valence-electron chi connectivity index (χ0n) is 18.2. The Balaban J connectivity index is 1.41. The SMILES string of the molecule is CC1=C(C2=C(C)[C@@]3(C)C[P@@]2C=C3c2ccccc2)[P@]2C=C(c3ccccc3)[C@]1(C)C2. The summed E-state index contributed by atoms with van der Waals surface area (Å²) in [6.45, 7) is 9.89. The molecule has 0 saturated heterocycles. The quantitative estimate of drug-likeness (QED) is 0.431. The average molecular weight is 426 g/mol. The Morgan fingerprint density at radius 2 is 0.967 bits per heavy atom. The van der Waals surface area contributed by atoms with Crippen molar-refractivity contribution in [3.8, 4) is 0 Å². The van der Waals surface area contributed by atoms with E-state index in [2.05, 4.69) is 100.0 Å². The molecule has 6 rings (SSSR count). The van der Waals surface area contributed by atoms with E-state index in [4.69, 9.17) is 0 Å². The van der Waals surface area contributed by atoms with Crippen LogP contribution in [0.2, 0.25) is 0 Å². The molecule has 0 aliphatic carbocycles. The van der Waals surface area contributed by atoms with Crippen molar-refractivity contribution >= 4 is 27.0 Å². The van der Waals surface area contributed by atoms with Gasteiger partial charge < -0.3 is 0 Å². The summed E-state index contributed by atoms with van der Waals surface area (Å²) in [4.78, 5) is 0. The van der Waals surface area contributed by atoms with Gasteiger partial charge in [0.05, 0.1) is 0 Å². The third kappa shape index (κ3) is 2.36. The van der Waals surface area contributed by atoms with Crippen molar-refractivity contribution < 1.29 is 0 Å². The van der Waals surface area contributed by atoms with E-state index in [0.717, 1.165) is 0 Å². The first kappa shape index (κ1) is 19.0. The third-order valence-corrected chi connectivity index (χ3v) is 13.6. The second-order valence-electron chi connectivity index (χ2n) is 9.68. The molecule has 4 heterocycles. The fraction of sp³-hybridized carbons (Fsp3) is 0.286. The molecule has 30 heavy (non-hydrogen) atoms. The van der Waals surface area contributed by atoms with Gasteiger partial charge in [-0.1, -0.05) is 97.3 Å². The van der Waals surface area contributed by atoms with Crippen LogP contribution in [0.1, 0.15) is 38.8 Å². The summed E-state index contributed by atoms with van der Waals surface area (Å²) in [5, 5.41) is 3.53. The maximum Gasteiger partial charge on any atom is 0.0192 e. The lowest BCUT2D eigenvalue weighted by Gasteiger charge is -2.32. The lowest BCUT2D eigenvalue weighted by Crippen LogP contribution is -2.19. The molecule has 150 valence electrons. The largest absolute Gasteiger partial charge is 0.0622 e. The molecule has 0 unspecified atom stereocenters. The van der Waals surface area contributed by atoms with Crippen molar-refractivity contribution in [3.05, 3.63) is 105 Å². The van der Waals surface area contributed by atoms with Gasteiger partial charge in [-0.05, 0) is 74.9 Å². The van der Waals surface area contributed by atoms with Crippen LogP contribution in [0.3, 0.4) is 0 Å². The molecule has 0 N–H and O–H groups in total. The third-order valence-electron chi connectivity index (χ3n) is 8.07. The lowest BCUT2D eigenvalue weighted by molar-refractivity contribution is 0.623. The minimum absolute atomic E-state index is 0.177. The molecule has 0 fully saturated rings. The summed E-state index contributed by atoms with van der Waals surface area (Å²) in [5.41, 5.74) is 9.78. The highest BCUT2D eigenvalue weighted by molar-refractivity contribution is 7.72. The Bertz CT molecular complexity index is 1090.